The monoisotopic (exact) mass is 312 g/mol. The summed E-state index contributed by atoms with van der Waals surface area (Å²) < 4.78 is 41.8. The maximum atomic E-state index is 12.3. The molecule has 3 heterocycles. The van der Waals surface area contributed by atoms with E-state index in [0.29, 0.717) is 18.8 Å². The van der Waals surface area contributed by atoms with Gasteiger partial charge in [-0.2, -0.15) is 13.2 Å². The van der Waals surface area contributed by atoms with E-state index in [1.54, 1.807) is 18.5 Å². The molecule has 0 saturated carbocycles. The number of ether oxygens (including phenoxy) is 1. The Kier molecular flexibility index (Phi) is 4.10. The lowest BCUT2D eigenvalue weighted by atomic mass is 10.1. The molecule has 0 amide bonds. The summed E-state index contributed by atoms with van der Waals surface area (Å²) in [5.74, 6) is 0.693. The van der Waals surface area contributed by atoms with Crippen LogP contribution in [0.1, 0.15) is 12.8 Å². The van der Waals surface area contributed by atoms with Crippen molar-refractivity contribution < 1.29 is 17.9 Å². The zero-order valence-corrected chi connectivity index (χ0v) is 11.8. The summed E-state index contributed by atoms with van der Waals surface area (Å²) >= 11 is 0. The van der Waals surface area contributed by atoms with Crippen molar-refractivity contribution in [2.45, 2.75) is 25.1 Å². The third-order valence-electron chi connectivity index (χ3n) is 3.58. The zero-order valence-electron chi connectivity index (χ0n) is 11.8. The van der Waals surface area contributed by atoms with E-state index in [-0.39, 0.29) is 0 Å². The number of hydrogen-bond acceptors (Lipinski definition) is 5. The maximum absolute atomic E-state index is 12.3. The van der Waals surface area contributed by atoms with Crippen molar-refractivity contribution in [3.8, 4) is 0 Å². The Labute approximate surface area is 125 Å². The topological polar surface area (TPSA) is 51.1 Å². The van der Waals surface area contributed by atoms with Gasteiger partial charge in [0.1, 0.15) is 18.8 Å². The first-order valence-corrected chi connectivity index (χ1v) is 7.01. The van der Waals surface area contributed by atoms with Crippen LogP contribution in [0.4, 0.5) is 19.0 Å². The fourth-order valence-electron chi connectivity index (χ4n) is 2.62. The van der Waals surface area contributed by atoms with E-state index in [9.17, 15) is 13.2 Å². The SMILES string of the molecule is FC(F)(F)COC1CCCN(c2ncnc3ccncc23)C1. The number of hydrogen-bond donors (Lipinski definition) is 0. The highest BCUT2D eigenvalue weighted by atomic mass is 19.4. The molecule has 0 N–H and O–H groups in total. The van der Waals surface area contributed by atoms with Crippen molar-refractivity contribution in [1.29, 1.82) is 0 Å². The number of aromatic nitrogens is 3. The Morgan fingerprint density at radius 1 is 1.32 bits per heavy atom. The first-order chi connectivity index (χ1) is 10.5. The van der Waals surface area contributed by atoms with Gasteiger partial charge in [0.2, 0.25) is 0 Å². The molecule has 5 nitrogen and oxygen atoms in total. The van der Waals surface area contributed by atoms with Crippen molar-refractivity contribution in [3.63, 3.8) is 0 Å². The average molecular weight is 312 g/mol. The van der Waals surface area contributed by atoms with Crippen LogP contribution in [-0.2, 0) is 4.74 Å². The Hall–Kier alpha value is -1.96. The Morgan fingerprint density at radius 2 is 2.18 bits per heavy atom. The smallest absolute Gasteiger partial charge is 0.367 e. The fourth-order valence-corrected chi connectivity index (χ4v) is 2.62. The van der Waals surface area contributed by atoms with Crippen molar-refractivity contribution in [1.82, 2.24) is 15.0 Å². The van der Waals surface area contributed by atoms with E-state index >= 15 is 0 Å². The number of nitrogens with zero attached hydrogens (tertiary/aromatic N) is 4. The van der Waals surface area contributed by atoms with Crippen LogP contribution in [0.2, 0.25) is 0 Å². The molecule has 0 aromatic carbocycles. The molecule has 1 unspecified atom stereocenters. The Balaban J connectivity index is 1.76. The van der Waals surface area contributed by atoms with Gasteiger partial charge in [0.15, 0.2) is 0 Å². The predicted octanol–water partition coefficient (Wildman–Crippen LogP) is 2.57. The lowest BCUT2D eigenvalue weighted by Gasteiger charge is -2.34. The van der Waals surface area contributed by atoms with E-state index in [1.165, 1.54) is 6.33 Å². The highest BCUT2D eigenvalue weighted by Crippen LogP contribution is 2.26. The van der Waals surface area contributed by atoms with E-state index in [4.69, 9.17) is 4.74 Å². The second kappa shape index (κ2) is 6.04. The molecule has 0 radical (unpaired) electrons. The number of anilines is 1. The molecular weight excluding hydrogens is 297 g/mol. The number of alkyl halides is 3. The molecule has 0 bridgehead atoms. The van der Waals surface area contributed by atoms with Gasteiger partial charge >= 0.3 is 6.18 Å². The second-order valence-corrected chi connectivity index (χ2v) is 5.23. The van der Waals surface area contributed by atoms with Crippen molar-refractivity contribution >= 4 is 16.7 Å². The highest BCUT2D eigenvalue weighted by Gasteiger charge is 2.31. The minimum absolute atomic E-state index is 0.386. The molecule has 2 aromatic heterocycles. The molecule has 1 atom stereocenters. The van der Waals surface area contributed by atoms with Crippen LogP contribution in [-0.4, -0.2) is 46.9 Å². The van der Waals surface area contributed by atoms with E-state index in [0.717, 1.165) is 23.9 Å². The summed E-state index contributed by atoms with van der Waals surface area (Å²) in [6.45, 7) is -0.0957. The Morgan fingerprint density at radius 3 is 3.00 bits per heavy atom. The van der Waals surface area contributed by atoms with Crippen LogP contribution >= 0.6 is 0 Å². The van der Waals surface area contributed by atoms with Crippen LogP contribution in [0.15, 0.2) is 24.8 Å². The molecule has 118 valence electrons. The van der Waals surface area contributed by atoms with Gasteiger partial charge in [0.05, 0.1) is 17.0 Å². The number of rotatable bonds is 3. The minimum atomic E-state index is -4.30. The summed E-state index contributed by atoms with van der Waals surface area (Å²) in [6, 6.07) is 1.78. The highest BCUT2D eigenvalue weighted by molar-refractivity contribution is 5.88. The van der Waals surface area contributed by atoms with E-state index < -0.39 is 18.9 Å². The van der Waals surface area contributed by atoms with Crippen molar-refractivity contribution in [2.24, 2.45) is 0 Å². The molecule has 0 aliphatic carbocycles. The van der Waals surface area contributed by atoms with Gasteiger partial charge in [-0.05, 0) is 18.9 Å². The maximum Gasteiger partial charge on any atom is 0.411 e. The standard InChI is InChI=1S/C14H15F3N4O/c15-14(16,17)8-22-10-2-1-5-21(7-10)13-11-6-18-4-3-12(11)19-9-20-13/h3-4,6,9-10H,1-2,5,7-8H2. The van der Waals surface area contributed by atoms with Gasteiger partial charge in [0, 0.05) is 25.5 Å². The molecule has 1 aliphatic rings. The van der Waals surface area contributed by atoms with Crippen LogP contribution in [0, 0.1) is 0 Å². The lowest BCUT2D eigenvalue weighted by molar-refractivity contribution is -0.185. The quantitative estimate of drug-likeness (QED) is 0.872. The van der Waals surface area contributed by atoms with Crippen LogP contribution in [0.5, 0.6) is 0 Å². The zero-order chi connectivity index (χ0) is 15.6. The summed E-state index contributed by atoms with van der Waals surface area (Å²) in [5.41, 5.74) is 0.762. The first-order valence-electron chi connectivity index (χ1n) is 7.01. The van der Waals surface area contributed by atoms with Crippen LogP contribution in [0.3, 0.4) is 0 Å². The third kappa shape index (κ3) is 3.44. The van der Waals surface area contributed by atoms with Gasteiger partial charge in [-0.25, -0.2) is 9.97 Å². The van der Waals surface area contributed by atoms with Gasteiger partial charge in [-0.1, -0.05) is 0 Å². The normalized spacial score (nSPS) is 19.6. The third-order valence-corrected chi connectivity index (χ3v) is 3.58. The predicted molar refractivity (Wildman–Crippen MR) is 74.6 cm³/mol. The summed E-state index contributed by atoms with van der Waals surface area (Å²) in [4.78, 5) is 14.4. The summed E-state index contributed by atoms with van der Waals surface area (Å²) in [6.07, 6.45) is 1.40. The number of pyridine rings is 1. The molecule has 1 aliphatic heterocycles. The van der Waals surface area contributed by atoms with Gasteiger partial charge < -0.3 is 9.64 Å². The summed E-state index contributed by atoms with van der Waals surface area (Å²) in [5, 5.41) is 0.793. The fraction of sp³-hybridized carbons (Fsp3) is 0.500. The molecule has 2 aromatic rings. The van der Waals surface area contributed by atoms with E-state index in [1.807, 2.05) is 4.90 Å². The molecule has 0 spiro atoms. The minimum Gasteiger partial charge on any atom is -0.367 e. The average Bonchev–Trinajstić information content (AvgIpc) is 2.52. The Bertz CT molecular complexity index is 644. The molecule has 1 fully saturated rings. The lowest BCUT2D eigenvalue weighted by Crippen LogP contribution is -2.41. The van der Waals surface area contributed by atoms with Crippen LogP contribution in [0.25, 0.3) is 10.9 Å². The molecular formula is C14H15F3N4O. The largest absolute Gasteiger partial charge is 0.411 e. The number of piperidine rings is 1. The number of fused-ring (bicyclic) bond motifs is 1. The van der Waals surface area contributed by atoms with Gasteiger partial charge in [0.25, 0.3) is 0 Å². The molecule has 22 heavy (non-hydrogen) atoms. The van der Waals surface area contributed by atoms with E-state index in [2.05, 4.69) is 15.0 Å². The first kappa shape index (κ1) is 15.0. The van der Waals surface area contributed by atoms with Crippen LogP contribution < -0.4 is 4.90 Å². The molecule has 1 saturated heterocycles. The molecule has 3 rings (SSSR count). The summed E-state index contributed by atoms with van der Waals surface area (Å²) in [7, 11) is 0. The number of halogens is 3. The second-order valence-electron chi connectivity index (χ2n) is 5.23. The van der Waals surface area contributed by atoms with Gasteiger partial charge in [-0.15, -0.1) is 0 Å². The van der Waals surface area contributed by atoms with Crippen molar-refractivity contribution in [2.75, 3.05) is 24.6 Å². The van der Waals surface area contributed by atoms with Crippen molar-refractivity contribution in [3.05, 3.63) is 24.8 Å². The van der Waals surface area contributed by atoms with Gasteiger partial charge in [-0.3, -0.25) is 4.98 Å². The molecule has 8 heteroatoms.